The van der Waals surface area contributed by atoms with Crippen LogP contribution in [0.1, 0.15) is 27.2 Å². The van der Waals surface area contributed by atoms with Crippen molar-refractivity contribution < 1.29 is 76.0 Å². The smallest absolute Gasteiger partial charge is 0.397 e. The Bertz CT molecular complexity index is 919. The maximum Gasteiger partial charge on any atom is 0.397 e. The van der Waals surface area contributed by atoms with Crippen molar-refractivity contribution in [3.05, 3.63) is 0 Å². The van der Waals surface area contributed by atoms with Gasteiger partial charge in [-0.3, -0.25) is 9.35 Å². The zero-order valence-corrected chi connectivity index (χ0v) is 21.9. The lowest BCUT2D eigenvalue weighted by molar-refractivity contribution is -0.305. The number of aliphatic hydroxyl groups excluding tert-OH is 5. The van der Waals surface area contributed by atoms with E-state index in [1.165, 1.54) is 20.8 Å². The standard InChI is InChI=1S/C20H35NO16S/c1-5-33-17(27)12(8(2)34-18-16(26)15(25)13(23)9(3)35-18)21-19(28)20(32-4)6-10(37-38(29,30)31)14(24)11(7-22)36-20/h8-16,18,22-26H,5-7H2,1-4H3,(H,21,28)(H,29,30,31)/t8-,9+,10-,11-,12+,13-,14-,15-,16+,18-,20-/m1/s1. The first-order chi connectivity index (χ1) is 17.6. The summed E-state index contributed by atoms with van der Waals surface area (Å²) in [4.78, 5) is 26.1. The predicted molar refractivity (Wildman–Crippen MR) is 120 cm³/mol. The average Bonchev–Trinajstić information content (AvgIpc) is 2.84. The molecule has 0 aliphatic carbocycles. The van der Waals surface area contributed by atoms with Crippen molar-refractivity contribution in [2.75, 3.05) is 20.3 Å². The van der Waals surface area contributed by atoms with E-state index < -0.39 is 102 Å². The van der Waals surface area contributed by atoms with E-state index in [0.29, 0.717) is 0 Å². The number of hydrogen-bond acceptors (Lipinski definition) is 15. The second kappa shape index (κ2) is 13.2. The van der Waals surface area contributed by atoms with E-state index in [0.717, 1.165) is 7.11 Å². The Morgan fingerprint density at radius 1 is 1.13 bits per heavy atom. The first kappa shape index (κ1) is 32.7. The molecule has 18 heteroatoms. The molecule has 0 aromatic rings. The van der Waals surface area contributed by atoms with E-state index in [1.807, 2.05) is 0 Å². The average molecular weight is 578 g/mol. The molecule has 2 saturated heterocycles. The van der Waals surface area contributed by atoms with Crippen molar-refractivity contribution in [2.24, 2.45) is 0 Å². The van der Waals surface area contributed by atoms with Crippen LogP contribution in [0.5, 0.6) is 0 Å². The van der Waals surface area contributed by atoms with Crippen LogP contribution in [0.3, 0.4) is 0 Å². The third-order valence-corrected chi connectivity index (χ3v) is 6.62. The molecule has 2 aliphatic heterocycles. The summed E-state index contributed by atoms with van der Waals surface area (Å²) in [5.41, 5.74) is 0. The molecule has 0 spiro atoms. The number of amides is 1. The number of hydrogen-bond donors (Lipinski definition) is 7. The molecule has 38 heavy (non-hydrogen) atoms. The minimum absolute atomic E-state index is 0.114. The maximum absolute atomic E-state index is 13.3. The van der Waals surface area contributed by atoms with Crippen molar-refractivity contribution in [3.63, 3.8) is 0 Å². The zero-order valence-electron chi connectivity index (χ0n) is 21.1. The highest BCUT2D eigenvalue weighted by Gasteiger charge is 2.54. The molecule has 2 aliphatic rings. The SMILES string of the molecule is CCOC(=O)[C@@H](NC(=O)[C@@]1(OC)C[C@@H](OS(=O)(=O)O)[C@@H](O)[C@@H](CO)O1)[C@@H](C)O[C@@H]1O[C@@H](C)[C@@H](O)[C@@H](O)[C@@H]1O. The highest BCUT2D eigenvalue weighted by atomic mass is 32.3. The van der Waals surface area contributed by atoms with Crippen molar-refractivity contribution in [1.29, 1.82) is 0 Å². The maximum atomic E-state index is 13.3. The molecule has 17 nitrogen and oxygen atoms in total. The van der Waals surface area contributed by atoms with Crippen LogP contribution in [0.2, 0.25) is 0 Å². The van der Waals surface area contributed by atoms with Gasteiger partial charge in [0.25, 0.3) is 11.7 Å². The molecule has 11 atom stereocenters. The van der Waals surface area contributed by atoms with Crippen LogP contribution < -0.4 is 5.32 Å². The van der Waals surface area contributed by atoms with Crippen molar-refractivity contribution in [1.82, 2.24) is 5.32 Å². The Labute approximate surface area is 218 Å². The van der Waals surface area contributed by atoms with Crippen LogP contribution in [-0.4, -0.2) is 138 Å². The summed E-state index contributed by atoms with van der Waals surface area (Å²) in [5, 5.41) is 52.2. The Kier molecular flexibility index (Phi) is 11.3. The van der Waals surface area contributed by atoms with Gasteiger partial charge in [0.1, 0.15) is 36.6 Å². The topological polar surface area (TPSA) is 257 Å². The van der Waals surface area contributed by atoms with Crippen LogP contribution in [-0.2, 0) is 47.9 Å². The molecule has 0 saturated carbocycles. The van der Waals surface area contributed by atoms with Crippen molar-refractivity contribution >= 4 is 22.3 Å². The summed E-state index contributed by atoms with van der Waals surface area (Å²) < 4.78 is 62.5. The molecule has 0 aromatic carbocycles. The lowest BCUT2D eigenvalue weighted by atomic mass is 9.94. The molecule has 0 unspecified atom stereocenters. The van der Waals surface area contributed by atoms with E-state index in [2.05, 4.69) is 9.50 Å². The second-order valence-electron chi connectivity index (χ2n) is 8.78. The number of carbonyl (C=O) groups excluding carboxylic acids is 2. The molecule has 2 heterocycles. The van der Waals surface area contributed by atoms with Gasteiger partial charge in [-0.05, 0) is 20.8 Å². The lowest BCUT2D eigenvalue weighted by Gasteiger charge is -2.44. The first-order valence-electron chi connectivity index (χ1n) is 11.6. The Balaban J connectivity index is 2.30. The zero-order chi connectivity index (χ0) is 29.0. The minimum atomic E-state index is -5.12. The van der Waals surface area contributed by atoms with Gasteiger partial charge >= 0.3 is 16.4 Å². The molecule has 2 rings (SSSR count). The number of carbonyl (C=O) groups is 2. The monoisotopic (exact) mass is 577 g/mol. The van der Waals surface area contributed by atoms with Crippen LogP contribution >= 0.6 is 0 Å². The van der Waals surface area contributed by atoms with Gasteiger partial charge < -0.3 is 54.5 Å². The van der Waals surface area contributed by atoms with Crippen LogP contribution in [0.15, 0.2) is 0 Å². The van der Waals surface area contributed by atoms with Gasteiger partial charge in [0.05, 0.1) is 25.4 Å². The van der Waals surface area contributed by atoms with E-state index in [9.17, 15) is 43.5 Å². The summed E-state index contributed by atoms with van der Waals surface area (Å²) in [6.07, 6.45) is -14.6. The van der Waals surface area contributed by atoms with E-state index in [4.69, 9.17) is 28.2 Å². The van der Waals surface area contributed by atoms with Gasteiger partial charge in [0.15, 0.2) is 12.3 Å². The molecule has 1 amide bonds. The van der Waals surface area contributed by atoms with Gasteiger partial charge in [0, 0.05) is 13.5 Å². The number of rotatable bonds is 11. The molecule has 2 fully saturated rings. The summed E-state index contributed by atoms with van der Waals surface area (Å²) in [7, 11) is -4.14. The molecule has 7 N–H and O–H groups in total. The van der Waals surface area contributed by atoms with Gasteiger partial charge in [0.2, 0.25) is 0 Å². The minimum Gasteiger partial charge on any atom is -0.464 e. The van der Waals surface area contributed by atoms with E-state index >= 15 is 0 Å². The number of nitrogens with one attached hydrogen (secondary N) is 1. The fourth-order valence-corrected chi connectivity index (χ4v) is 4.51. The van der Waals surface area contributed by atoms with Crippen molar-refractivity contribution in [2.45, 2.75) is 94.1 Å². The molecule has 0 bridgehead atoms. The summed E-state index contributed by atoms with van der Waals surface area (Å²) >= 11 is 0. The van der Waals surface area contributed by atoms with Gasteiger partial charge in [-0.25, -0.2) is 8.98 Å². The third kappa shape index (κ3) is 7.55. The first-order valence-corrected chi connectivity index (χ1v) is 13.0. The molecule has 222 valence electrons. The van der Waals surface area contributed by atoms with Crippen LogP contribution in [0.4, 0.5) is 0 Å². The van der Waals surface area contributed by atoms with Gasteiger partial charge in [-0.15, -0.1) is 0 Å². The largest absolute Gasteiger partial charge is 0.464 e. The van der Waals surface area contributed by atoms with Crippen molar-refractivity contribution in [3.8, 4) is 0 Å². The predicted octanol–water partition coefficient (Wildman–Crippen LogP) is -4.06. The Hall–Kier alpha value is -1.55. The fraction of sp³-hybridized carbons (Fsp3) is 0.900. The quantitative estimate of drug-likeness (QED) is 0.0910. The third-order valence-electron chi connectivity index (χ3n) is 6.13. The number of methoxy groups -OCH3 is 1. The summed E-state index contributed by atoms with van der Waals surface area (Å²) in [5.74, 6) is -4.67. The number of ether oxygens (including phenoxy) is 5. The lowest BCUT2D eigenvalue weighted by Crippen LogP contribution is -2.66. The number of aliphatic hydroxyl groups is 5. The molecular weight excluding hydrogens is 542 g/mol. The van der Waals surface area contributed by atoms with Gasteiger partial charge in [-0.1, -0.05) is 0 Å². The Morgan fingerprint density at radius 3 is 2.29 bits per heavy atom. The second-order valence-corrected chi connectivity index (χ2v) is 9.83. The van der Waals surface area contributed by atoms with E-state index in [1.54, 1.807) is 0 Å². The van der Waals surface area contributed by atoms with Crippen LogP contribution in [0, 0.1) is 0 Å². The highest BCUT2D eigenvalue weighted by Crippen LogP contribution is 2.33. The molecular formula is C20H35NO16S. The number of esters is 1. The summed E-state index contributed by atoms with van der Waals surface area (Å²) in [6, 6.07) is -1.63. The summed E-state index contributed by atoms with van der Waals surface area (Å²) in [6.45, 7) is 3.16. The highest BCUT2D eigenvalue weighted by molar-refractivity contribution is 7.80. The molecule has 0 radical (unpaired) electrons. The van der Waals surface area contributed by atoms with Crippen LogP contribution in [0.25, 0.3) is 0 Å². The Morgan fingerprint density at radius 2 is 1.76 bits per heavy atom. The molecule has 0 aromatic heterocycles. The van der Waals surface area contributed by atoms with E-state index in [-0.39, 0.29) is 6.61 Å². The normalized spacial score (nSPS) is 37.7. The fourth-order valence-electron chi connectivity index (χ4n) is 4.02. The van der Waals surface area contributed by atoms with Gasteiger partial charge in [-0.2, -0.15) is 8.42 Å².